The quantitative estimate of drug-likeness (QED) is 0.374. The van der Waals surface area contributed by atoms with Crippen LogP contribution in [0.3, 0.4) is 0 Å². The minimum Gasteiger partial charge on any atom is -0.465 e. The summed E-state index contributed by atoms with van der Waals surface area (Å²) in [6.07, 6.45) is 11.1. The van der Waals surface area contributed by atoms with E-state index in [4.69, 9.17) is 9.47 Å². The van der Waals surface area contributed by atoms with E-state index < -0.39 is 5.97 Å². The molecule has 4 bridgehead atoms. The predicted octanol–water partition coefficient (Wildman–Crippen LogP) is 5.47. The third-order valence-corrected chi connectivity index (χ3v) is 7.48. The van der Waals surface area contributed by atoms with Gasteiger partial charge >= 0.3 is 5.97 Å². The van der Waals surface area contributed by atoms with Crippen molar-refractivity contribution < 1.29 is 19.1 Å². The van der Waals surface area contributed by atoms with E-state index in [0.717, 1.165) is 23.5 Å². The molecule has 2 aromatic rings. The van der Waals surface area contributed by atoms with Crippen LogP contribution in [0.1, 0.15) is 54.4 Å². The van der Waals surface area contributed by atoms with Crippen molar-refractivity contribution in [2.45, 2.75) is 43.9 Å². The van der Waals surface area contributed by atoms with Crippen molar-refractivity contribution >= 4 is 17.6 Å². The van der Waals surface area contributed by atoms with Crippen molar-refractivity contribution in [2.75, 3.05) is 12.4 Å². The molecule has 5 heteroatoms. The number of benzene rings is 2. The lowest BCUT2D eigenvalue weighted by Crippen LogP contribution is -2.48. The van der Waals surface area contributed by atoms with E-state index in [1.54, 1.807) is 24.3 Å². The van der Waals surface area contributed by atoms with Crippen LogP contribution >= 0.6 is 0 Å². The molecule has 4 aliphatic carbocycles. The molecule has 32 heavy (non-hydrogen) atoms. The lowest BCUT2D eigenvalue weighted by atomic mass is 9.48. The highest BCUT2D eigenvalue weighted by Gasteiger charge is 2.51. The molecule has 0 spiro atoms. The zero-order chi connectivity index (χ0) is 22.1. The molecule has 166 valence electrons. The number of anilines is 1. The van der Waals surface area contributed by atoms with Crippen LogP contribution in [-0.4, -0.2) is 19.0 Å². The molecule has 0 aromatic heterocycles. The average Bonchev–Trinajstić information content (AvgIpc) is 2.78. The van der Waals surface area contributed by atoms with E-state index in [-0.39, 0.29) is 5.91 Å². The Morgan fingerprint density at radius 1 is 0.969 bits per heavy atom. The van der Waals surface area contributed by atoms with Gasteiger partial charge in [-0.1, -0.05) is 18.2 Å². The second kappa shape index (κ2) is 8.45. The summed E-state index contributed by atoms with van der Waals surface area (Å²) in [5.74, 6) is 2.70. The van der Waals surface area contributed by atoms with E-state index >= 15 is 0 Å². The largest absolute Gasteiger partial charge is 0.465 e. The van der Waals surface area contributed by atoms with Gasteiger partial charge in [-0.2, -0.15) is 0 Å². The molecular formula is C27H29NO4. The fraction of sp³-hybridized carbons (Fsp3) is 0.407. The molecule has 5 nitrogen and oxygen atoms in total. The minimum absolute atomic E-state index is 0.336. The van der Waals surface area contributed by atoms with Crippen LogP contribution in [-0.2, 0) is 14.9 Å². The van der Waals surface area contributed by atoms with Crippen LogP contribution in [0.4, 0.5) is 5.69 Å². The Balaban J connectivity index is 1.18. The molecule has 2 aromatic carbocycles. The highest BCUT2D eigenvalue weighted by Crippen LogP contribution is 2.60. The first kappa shape index (κ1) is 20.8. The predicted molar refractivity (Wildman–Crippen MR) is 122 cm³/mol. The first-order valence-electron chi connectivity index (χ1n) is 11.5. The summed E-state index contributed by atoms with van der Waals surface area (Å²) in [5, 5.41) is 2.72. The normalized spacial score (nSPS) is 28.0. The summed E-state index contributed by atoms with van der Waals surface area (Å²) < 4.78 is 10.4. The molecule has 0 radical (unpaired) electrons. The molecule has 0 atom stereocenters. The van der Waals surface area contributed by atoms with Crippen molar-refractivity contribution in [3.8, 4) is 5.75 Å². The third kappa shape index (κ3) is 4.16. The van der Waals surface area contributed by atoms with Crippen LogP contribution in [0.5, 0.6) is 5.75 Å². The summed E-state index contributed by atoms with van der Waals surface area (Å²) in [4.78, 5) is 23.8. The van der Waals surface area contributed by atoms with Gasteiger partial charge in [0, 0.05) is 11.8 Å². The van der Waals surface area contributed by atoms with E-state index in [1.807, 2.05) is 12.1 Å². The van der Waals surface area contributed by atoms with Gasteiger partial charge < -0.3 is 14.8 Å². The highest BCUT2D eigenvalue weighted by atomic mass is 16.5. The van der Waals surface area contributed by atoms with E-state index in [0.29, 0.717) is 16.7 Å². The second-order valence-electron chi connectivity index (χ2n) is 9.70. The topological polar surface area (TPSA) is 64.6 Å². The maximum Gasteiger partial charge on any atom is 0.337 e. The van der Waals surface area contributed by atoms with Gasteiger partial charge in [0.05, 0.1) is 18.9 Å². The zero-order valence-electron chi connectivity index (χ0n) is 18.4. The van der Waals surface area contributed by atoms with Crippen molar-refractivity contribution in [2.24, 2.45) is 17.8 Å². The fourth-order valence-electron chi connectivity index (χ4n) is 6.55. The highest BCUT2D eigenvalue weighted by molar-refractivity contribution is 6.00. The first-order valence-corrected chi connectivity index (χ1v) is 11.5. The number of methoxy groups -OCH3 is 1. The van der Waals surface area contributed by atoms with Crippen molar-refractivity contribution in [1.29, 1.82) is 0 Å². The number of hydrogen-bond donors (Lipinski definition) is 1. The maximum absolute atomic E-state index is 12.2. The van der Waals surface area contributed by atoms with Crippen molar-refractivity contribution in [1.82, 2.24) is 0 Å². The Labute approximate surface area is 188 Å². The minimum atomic E-state index is -0.447. The van der Waals surface area contributed by atoms with Gasteiger partial charge in [-0.3, -0.25) is 4.79 Å². The van der Waals surface area contributed by atoms with Gasteiger partial charge in [0.2, 0.25) is 0 Å². The number of carbonyl (C=O) groups excluding carboxylic acids is 2. The summed E-state index contributed by atoms with van der Waals surface area (Å²) in [6.45, 7) is 0. The van der Waals surface area contributed by atoms with Crippen LogP contribution in [0, 0.1) is 17.8 Å². The van der Waals surface area contributed by atoms with Gasteiger partial charge in [-0.15, -0.1) is 0 Å². The van der Waals surface area contributed by atoms with E-state index in [1.165, 1.54) is 63.5 Å². The molecule has 0 aliphatic heterocycles. The fourth-order valence-corrected chi connectivity index (χ4v) is 6.55. The Morgan fingerprint density at radius 2 is 1.62 bits per heavy atom. The van der Waals surface area contributed by atoms with Gasteiger partial charge in [-0.05, 0) is 97.6 Å². The van der Waals surface area contributed by atoms with Gasteiger partial charge in [0.1, 0.15) is 5.75 Å². The van der Waals surface area contributed by atoms with Crippen molar-refractivity contribution in [3.05, 3.63) is 72.0 Å². The first-order chi connectivity index (χ1) is 15.5. The molecule has 1 amide bonds. The lowest BCUT2D eigenvalue weighted by molar-refractivity contribution is -0.112. The number of carbonyl (C=O) groups is 2. The molecule has 4 aliphatic rings. The summed E-state index contributed by atoms with van der Waals surface area (Å²) in [5.41, 5.74) is 2.73. The molecular weight excluding hydrogens is 402 g/mol. The molecule has 0 unspecified atom stereocenters. The molecule has 0 heterocycles. The standard InChI is InChI=1S/C27H29NO4/c1-31-26(30)21-3-2-4-23(14-21)28-25(29)9-10-32-24-7-5-22(6-8-24)27-15-18-11-19(16-27)13-20(12-18)17-27/h2-10,14,18-20H,11-13,15-17H2,1H3,(H,28,29)/b10-9+. The third-order valence-electron chi connectivity index (χ3n) is 7.48. The van der Waals surface area contributed by atoms with E-state index in [2.05, 4.69) is 17.4 Å². The molecule has 0 saturated heterocycles. The number of hydrogen-bond acceptors (Lipinski definition) is 4. The summed E-state index contributed by atoms with van der Waals surface area (Å²) in [7, 11) is 1.32. The number of esters is 1. The monoisotopic (exact) mass is 431 g/mol. The van der Waals surface area contributed by atoms with Gasteiger partial charge in [-0.25, -0.2) is 4.79 Å². The average molecular weight is 432 g/mol. The lowest BCUT2D eigenvalue weighted by Gasteiger charge is -2.57. The number of nitrogens with one attached hydrogen (secondary N) is 1. The Morgan fingerprint density at radius 3 is 2.25 bits per heavy atom. The summed E-state index contributed by atoms with van der Waals surface area (Å²) >= 11 is 0. The van der Waals surface area contributed by atoms with Crippen molar-refractivity contribution in [3.63, 3.8) is 0 Å². The Hall–Kier alpha value is -3.08. The van der Waals surface area contributed by atoms with Crippen LogP contribution in [0.15, 0.2) is 60.9 Å². The van der Waals surface area contributed by atoms with Gasteiger partial charge in [0.25, 0.3) is 5.91 Å². The second-order valence-corrected chi connectivity index (χ2v) is 9.70. The number of rotatable bonds is 6. The van der Waals surface area contributed by atoms with Crippen LogP contribution in [0.2, 0.25) is 0 Å². The molecule has 1 N–H and O–H groups in total. The molecule has 4 fully saturated rings. The number of ether oxygens (including phenoxy) is 2. The maximum atomic E-state index is 12.2. The Kier molecular flexibility index (Phi) is 5.50. The smallest absolute Gasteiger partial charge is 0.337 e. The molecule has 6 rings (SSSR count). The number of amides is 1. The van der Waals surface area contributed by atoms with Crippen LogP contribution in [0.25, 0.3) is 0 Å². The van der Waals surface area contributed by atoms with E-state index in [9.17, 15) is 9.59 Å². The zero-order valence-corrected chi connectivity index (χ0v) is 18.4. The van der Waals surface area contributed by atoms with Gasteiger partial charge in [0.15, 0.2) is 0 Å². The molecule has 4 saturated carbocycles. The Bertz CT molecular complexity index is 1000. The summed E-state index contributed by atoms with van der Waals surface area (Å²) in [6, 6.07) is 15.1. The SMILES string of the molecule is COC(=O)c1cccc(NC(=O)/C=C/Oc2ccc(C34CC5CC(CC(C5)C3)C4)cc2)c1. The van der Waals surface area contributed by atoms with Crippen LogP contribution < -0.4 is 10.1 Å².